The van der Waals surface area contributed by atoms with Gasteiger partial charge in [0.25, 0.3) is 5.91 Å². The molecule has 2 fully saturated rings. The Hall–Kier alpha value is -3.55. The molecule has 0 radical (unpaired) electrons. The van der Waals surface area contributed by atoms with E-state index in [1.165, 1.54) is 13.2 Å². The van der Waals surface area contributed by atoms with E-state index >= 15 is 0 Å². The lowest BCUT2D eigenvalue weighted by molar-refractivity contribution is 0.0624. The largest absolute Gasteiger partial charge is 0.453 e. The zero-order valence-electron chi connectivity index (χ0n) is 18.8. The molecule has 0 bridgehead atoms. The van der Waals surface area contributed by atoms with Crippen LogP contribution in [0.3, 0.4) is 0 Å². The van der Waals surface area contributed by atoms with Gasteiger partial charge in [0.1, 0.15) is 11.5 Å². The lowest BCUT2D eigenvalue weighted by Gasteiger charge is -2.54. The van der Waals surface area contributed by atoms with E-state index < -0.39 is 0 Å². The summed E-state index contributed by atoms with van der Waals surface area (Å²) in [5, 5.41) is 3.33. The van der Waals surface area contributed by atoms with Crippen molar-refractivity contribution in [2.75, 3.05) is 43.5 Å². The van der Waals surface area contributed by atoms with E-state index in [2.05, 4.69) is 15.2 Å². The number of halogens is 1. The Kier molecular flexibility index (Phi) is 5.23. The molecule has 2 saturated heterocycles. The number of anilines is 2. The Bertz CT molecular complexity index is 1180. The van der Waals surface area contributed by atoms with Crippen molar-refractivity contribution in [3.05, 3.63) is 59.5 Å². The molecule has 33 heavy (non-hydrogen) atoms. The van der Waals surface area contributed by atoms with Crippen molar-refractivity contribution < 1.29 is 18.7 Å². The number of carbonyl (C=O) groups is 2. The lowest BCUT2D eigenvalue weighted by Crippen LogP contribution is -2.61. The van der Waals surface area contributed by atoms with Crippen LogP contribution in [-0.4, -0.2) is 55.2 Å². The van der Waals surface area contributed by atoms with Crippen LogP contribution in [0.25, 0.3) is 10.9 Å². The highest BCUT2D eigenvalue weighted by Gasteiger charge is 2.45. The minimum Gasteiger partial charge on any atom is -0.453 e. The summed E-state index contributed by atoms with van der Waals surface area (Å²) in [6.07, 6.45) is 1.67. The third kappa shape index (κ3) is 3.90. The van der Waals surface area contributed by atoms with E-state index in [9.17, 15) is 14.0 Å². The maximum absolute atomic E-state index is 14.1. The Morgan fingerprint density at radius 2 is 1.88 bits per heavy atom. The molecule has 5 rings (SSSR count). The van der Waals surface area contributed by atoms with Gasteiger partial charge in [-0.15, -0.1) is 0 Å². The van der Waals surface area contributed by atoms with Crippen molar-refractivity contribution in [1.82, 2.24) is 9.88 Å². The second-order valence-corrected chi connectivity index (χ2v) is 9.15. The van der Waals surface area contributed by atoms with Gasteiger partial charge >= 0.3 is 6.09 Å². The molecule has 7 nitrogen and oxygen atoms in total. The number of aryl methyl sites for hydroxylation is 1. The van der Waals surface area contributed by atoms with Crippen LogP contribution in [0.15, 0.2) is 42.5 Å². The fourth-order valence-electron chi connectivity index (χ4n) is 4.98. The van der Waals surface area contributed by atoms with Crippen LogP contribution in [0, 0.1) is 18.2 Å². The summed E-state index contributed by atoms with van der Waals surface area (Å²) in [6.45, 7) is 5.19. The number of H-pyrrole nitrogens is 1. The molecular weight excluding hydrogens is 423 g/mol. The molecule has 2 aliphatic rings. The first-order valence-electron chi connectivity index (χ1n) is 11.1. The molecule has 172 valence electrons. The fraction of sp³-hybridized carbons (Fsp3) is 0.360. The fourth-order valence-corrected chi connectivity index (χ4v) is 4.98. The molecule has 0 unspecified atom stereocenters. The van der Waals surface area contributed by atoms with E-state index in [0.29, 0.717) is 22.3 Å². The Morgan fingerprint density at radius 3 is 2.58 bits per heavy atom. The average Bonchev–Trinajstić information content (AvgIpc) is 3.27. The molecular formula is C25H27FN4O3. The van der Waals surface area contributed by atoms with E-state index in [4.69, 9.17) is 4.74 Å². The topological polar surface area (TPSA) is 77.7 Å². The van der Waals surface area contributed by atoms with Crippen molar-refractivity contribution in [3.63, 3.8) is 0 Å². The highest BCUT2D eigenvalue weighted by molar-refractivity contribution is 6.06. The smallest absolute Gasteiger partial charge is 0.409 e. The predicted molar refractivity (Wildman–Crippen MR) is 125 cm³/mol. The molecule has 2 aromatic carbocycles. The van der Waals surface area contributed by atoms with E-state index in [1.807, 2.05) is 31.2 Å². The number of aromatic nitrogens is 1. The zero-order chi connectivity index (χ0) is 23.2. The first-order chi connectivity index (χ1) is 15.9. The number of hydrogen-bond acceptors (Lipinski definition) is 4. The van der Waals surface area contributed by atoms with Crippen LogP contribution in [0.5, 0.6) is 0 Å². The molecule has 2 amide bonds. The average molecular weight is 451 g/mol. The minimum absolute atomic E-state index is 0.232. The van der Waals surface area contributed by atoms with Crippen molar-refractivity contribution in [1.29, 1.82) is 0 Å². The van der Waals surface area contributed by atoms with E-state index in [1.54, 1.807) is 17.0 Å². The van der Waals surface area contributed by atoms with Gasteiger partial charge in [0, 0.05) is 48.4 Å². The van der Waals surface area contributed by atoms with Gasteiger partial charge in [0.15, 0.2) is 0 Å². The SMILES string of the molecule is COC(=O)N1CCC2(CC1)CN(c1cccc(NC(=O)c3cc4c(F)ccc(C)c4[nH]3)c1)C2. The number of amides is 2. The van der Waals surface area contributed by atoms with Gasteiger partial charge < -0.3 is 24.8 Å². The van der Waals surface area contributed by atoms with Crippen molar-refractivity contribution >= 4 is 34.3 Å². The van der Waals surface area contributed by atoms with Crippen LogP contribution in [0.4, 0.5) is 20.6 Å². The minimum atomic E-state index is -0.350. The molecule has 2 N–H and O–H groups in total. The van der Waals surface area contributed by atoms with Crippen LogP contribution >= 0.6 is 0 Å². The predicted octanol–water partition coefficient (Wildman–Crippen LogP) is 4.54. The number of carbonyl (C=O) groups excluding carboxylic acids is 2. The second-order valence-electron chi connectivity index (χ2n) is 9.15. The first-order valence-corrected chi connectivity index (χ1v) is 11.1. The van der Waals surface area contributed by atoms with Gasteiger partial charge in [-0.25, -0.2) is 9.18 Å². The number of hydrogen-bond donors (Lipinski definition) is 2. The molecule has 1 spiro atoms. The summed E-state index contributed by atoms with van der Waals surface area (Å²) in [5.74, 6) is -0.658. The molecule has 3 aromatic rings. The number of fused-ring (bicyclic) bond motifs is 1. The molecule has 3 heterocycles. The number of methoxy groups -OCH3 is 1. The standard InChI is InChI=1S/C25H27FN4O3/c1-16-6-7-20(26)19-13-21(28-22(16)19)23(31)27-17-4-3-5-18(12-17)30-14-25(15-30)8-10-29(11-9-25)24(32)33-2/h3-7,12-13,28H,8-11,14-15H2,1-2H3,(H,27,31). The maximum Gasteiger partial charge on any atom is 0.409 e. The summed E-state index contributed by atoms with van der Waals surface area (Å²) in [5.41, 5.74) is 3.82. The summed E-state index contributed by atoms with van der Waals surface area (Å²) >= 11 is 0. The molecule has 0 atom stereocenters. The highest BCUT2D eigenvalue weighted by Crippen LogP contribution is 2.43. The third-order valence-corrected chi connectivity index (χ3v) is 6.97. The number of nitrogens with one attached hydrogen (secondary N) is 2. The summed E-state index contributed by atoms with van der Waals surface area (Å²) in [7, 11) is 1.42. The Balaban J connectivity index is 1.24. The van der Waals surface area contributed by atoms with Crippen LogP contribution in [0.2, 0.25) is 0 Å². The van der Waals surface area contributed by atoms with Crippen molar-refractivity contribution in [2.45, 2.75) is 19.8 Å². The zero-order valence-corrected chi connectivity index (χ0v) is 18.8. The molecule has 0 aliphatic carbocycles. The van der Waals surface area contributed by atoms with Crippen molar-refractivity contribution in [3.8, 4) is 0 Å². The number of likely N-dealkylation sites (tertiary alicyclic amines) is 1. The van der Waals surface area contributed by atoms with Crippen LogP contribution in [0.1, 0.15) is 28.9 Å². The second kappa shape index (κ2) is 8.10. The van der Waals surface area contributed by atoms with Gasteiger partial charge in [0.2, 0.25) is 0 Å². The van der Waals surface area contributed by atoms with Crippen LogP contribution in [-0.2, 0) is 4.74 Å². The maximum atomic E-state index is 14.1. The number of ether oxygens (including phenoxy) is 1. The monoisotopic (exact) mass is 450 g/mol. The number of aromatic amines is 1. The number of piperidine rings is 1. The van der Waals surface area contributed by atoms with Gasteiger partial charge in [-0.1, -0.05) is 12.1 Å². The first kappa shape index (κ1) is 21.3. The molecule has 0 saturated carbocycles. The number of nitrogens with zero attached hydrogens (tertiary/aromatic N) is 2. The van der Waals surface area contributed by atoms with E-state index in [0.717, 1.165) is 50.3 Å². The van der Waals surface area contributed by atoms with Crippen molar-refractivity contribution in [2.24, 2.45) is 5.41 Å². The Morgan fingerprint density at radius 1 is 1.12 bits per heavy atom. The summed E-state index contributed by atoms with van der Waals surface area (Å²) in [6, 6.07) is 12.4. The number of benzene rings is 2. The van der Waals surface area contributed by atoms with Gasteiger partial charge in [0.05, 0.1) is 12.6 Å². The quantitative estimate of drug-likeness (QED) is 0.614. The summed E-state index contributed by atoms with van der Waals surface area (Å²) < 4.78 is 18.9. The number of rotatable bonds is 3. The lowest BCUT2D eigenvalue weighted by atomic mass is 9.72. The molecule has 2 aliphatic heterocycles. The molecule has 8 heteroatoms. The van der Waals surface area contributed by atoms with E-state index in [-0.39, 0.29) is 23.2 Å². The molecule has 1 aromatic heterocycles. The summed E-state index contributed by atoms with van der Waals surface area (Å²) in [4.78, 5) is 31.6. The van der Waals surface area contributed by atoms with Crippen LogP contribution < -0.4 is 10.2 Å². The third-order valence-electron chi connectivity index (χ3n) is 6.97. The normalized spacial score (nSPS) is 17.2. The Labute approximate surface area is 191 Å². The highest BCUT2D eigenvalue weighted by atomic mass is 19.1. The van der Waals surface area contributed by atoms with Gasteiger partial charge in [-0.3, -0.25) is 4.79 Å². The van der Waals surface area contributed by atoms with Gasteiger partial charge in [-0.2, -0.15) is 0 Å². The van der Waals surface area contributed by atoms with Gasteiger partial charge in [-0.05, 0) is 55.7 Å².